The van der Waals surface area contributed by atoms with Crippen LogP contribution in [-0.4, -0.2) is 12.9 Å². The summed E-state index contributed by atoms with van der Waals surface area (Å²) in [5.41, 5.74) is 7.13. The summed E-state index contributed by atoms with van der Waals surface area (Å²) in [6, 6.07) is 9.13. The van der Waals surface area contributed by atoms with Gasteiger partial charge in [0.05, 0.1) is 12.7 Å². The predicted octanol–water partition coefficient (Wildman–Crippen LogP) is 2.96. The minimum atomic E-state index is -0.558. The predicted molar refractivity (Wildman–Crippen MR) is 72.0 cm³/mol. The number of carbonyl (C=O) groups is 1. The normalized spacial score (nSPS) is 10.3. The topological polar surface area (TPSA) is 52.3 Å². The highest BCUT2D eigenvalue weighted by molar-refractivity contribution is 6.12. The zero-order chi connectivity index (χ0) is 14.0. The van der Waals surface area contributed by atoms with Crippen LogP contribution in [0.2, 0.25) is 0 Å². The molecule has 2 N–H and O–H groups in total. The molecule has 0 unspecified atom stereocenters. The number of hydrogen-bond donors (Lipinski definition) is 1. The molecule has 0 radical (unpaired) electrons. The minimum absolute atomic E-state index is 0.0138. The first-order valence-corrected chi connectivity index (χ1v) is 5.77. The lowest BCUT2D eigenvalue weighted by atomic mass is 9.99. The standard InChI is InChI=1S/C15H14FNO2/c1-9-3-5-13(16)11(7-9)15(18)12-8-10(19-2)4-6-14(12)17/h3-8H,17H2,1-2H3. The van der Waals surface area contributed by atoms with Crippen molar-refractivity contribution in [3.63, 3.8) is 0 Å². The van der Waals surface area contributed by atoms with Crippen LogP contribution in [0.15, 0.2) is 36.4 Å². The quantitative estimate of drug-likeness (QED) is 0.681. The fraction of sp³-hybridized carbons (Fsp3) is 0.133. The number of nitrogens with two attached hydrogens (primary N) is 1. The van der Waals surface area contributed by atoms with Crippen LogP contribution in [0.3, 0.4) is 0 Å². The monoisotopic (exact) mass is 259 g/mol. The lowest BCUT2D eigenvalue weighted by molar-refractivity contribution is 0.103. The van der Waals surface area contributed by atoms with Crippen LogP contribution in [0.4, 0.5) is 10.1 Å². The van der Waals surface area contributed by atoms with E-state index in [0.717, 1.165) is 5.56 Å². The molecule has 0 saturated heterocycles. The van der Waals surface area contributed by atoms with E-state index in [1.807, 2.05) is 0 Å². The van der Waals surface area contributed by atoms with E-state index in [1.54, 1.807) is 25.1 Å². The molecule has 2 aromatic rings. The molecule has 3 nitrogen and oxygen atoms in total. The molecule has 98 valence electrons. The maximum Gasteiger partial charge on any atom is 0.198 e. The van der Waals surface area contributed by atoms with E-state index in [2.05, 4.69) is 0 Å². The van der Waals surface area contributed by atoms with E-state index < -0.39 is 11.6 Å². The average molecular weight is 259 g/mol. The van der Waals surface area contributed by atoms with Crippen molar-refractivity contribution in [3.8, 4) is 5.75 Å². The number of carbonyl (C=O) groups excluding carboxylic acids is 1. The van der Waals surface area contributed by atoms with Gasteiger partial charge in [-0.15, -0.1) is 0 Å². The lowest BCUT2D eigenvalue weighted by Crippen LogP contribution is -2.08. The van der Waals surface area contributed by atoms with Gasteiger partial charge in [0.1, 0.15) is 11.6 Å². The molecular formula is C15H14FNO2. The van der Waals surface area contributed by atoms with Crippen molar-refractivity contribution in [3.05, 3.63) is 58.9 Å². The number of aryl methyl sites for hydroxylation is 1. The smallest absolute Gasteiger partial charge is 0.198 e. The van der Waals surface area contributed by atoms with Crippen LogP contribution >= 0.6 is 0 Å². The number of anilines is 1. The third kappa shape index (κ3) is 2.57. The van der Waals surface area contributed by atoms with Gasteiger partial charge in [0.15, 0.2) is 5.78 Å². The van der Waals surface area contributed by atoms with Gasteiger partial charge in [-0.05, 0) is 37.3 Å². The molecule has 19 heavy (non-hydrogen) atoms. The van der Waals surface area contributed by atoms with Crippen LogP contribution in [0.25, 0.3) is 0 Å². The molecule has 0 atom stereocenters. The first-order valence-electron chi connectivity index (χ1n) is 5.77. The van der Waals surface area contributed by atoms with Crippen molar-refractivity contribution in [1.29, 1.82) is 0 Å². The molecule has 0 aromatic heterocycles. The van der Waals surface area contributed by atoms with E-state index in [1.165, 1.54) is 25.3 Å². The zero-order valence-electron chi connectivity index (χ0n) is 10.7. The van der Waals surface area contributed by atoms with E-state index in [9.17, 15) is 9.18 Å². The largest absolute Gasteiger partial charge is 0.497 e. The van der Waals surface area contributed by atoms with Gasteiger partial charge in [0.25, 0.3) is 0 Å². The molecule has 0 spiro atoms. The van der Waals surface area contributed by atoms with Gasteiger partial charge in [-0.3, -0.25) is 4.79 Å². The second-order valence-electron chi connectivity index (χ2n) is 4.27. The van der Waals surface area contributed by atoms with Crippen molar-refractivity contribution in [1.82, 2.24) is 0 Å². The molecule has 0 bridgehead atoms. The Kier molecular flexibility index (Phi) is 3.51. The molecule has 2 rings (SSSR count). The van der Waals surface area contributed by atoms with Crippen molar-refractivity contribution in [2.75, 3.05) is 12.8 Å². The molecular weight excluding hydrogens is 245 g/mol. The summed E-state index contributed by atoms with van der Waals surface area (Å²) < 4.78 is 18.8. The Morgan fingerprint density at radius 1 is 1.16 bits per heavy atom. The Hall–Kier alpha value is -2.36. The van der Waals surface area contributed by atoms with Crippen molar-refractivity contribution in [2.24, 2.45) is 0 Å². The SMILES string of the molecule is COc1ccc(N)c(C(=O)c2cc(C)ccc2F)c1. The van der Waals surface area contributed by atoms with Gasteiger partial charge >= 0.3 is 0 Å². The van der Waals surface area contributed by atoms with Crippen molar-refractivity contribution >= 4 is 11.5 Å². The van der Waals surface area contributed by atoms with Crippen molar-refractivity contribution < 1.29 is 13.9 Å². The number of benzene rings is 2. The Balaban J connectivity index is 2.52. The first kappa shape index (κ1) is 13.1. The van der Waals surface area contributed by atoms with Gasteiger partial charge in [-0.1, -0.05) is 11.6 Å². The third-order valence-electron chi connectivity index (χ3n) is 2.87. The summed E-state index contributed by atoms with van der Waals surface area (Å²) in [4.78, 5) is 12.3. The number of methoxy groups -OCH3 is 1. The van der Waals surface area contributed by atoms with E-state index >= 15 is 0 Å². The second-order valence-corrected chi connectivity index (χ2v) is 4.27. The highest BCUT2D eigenvalue weighted by Crippen LogP contribution is 2.24. The number of ketones is 1. The van der Waals surface area contributed by atoms with Crippen LogP contribution in [0, 0.1) is 12.7 Å². The van der Waals surface area contributed by atoms with Crippen molar-refractivity contribution in [2.45, 2.75) is 6.92 Å². The van der Waals surface area contributed by atoms with Crippen LogP contribution in [0.1, 0.15) is 21.5 Å². The number of rotatable bonds is 3. The molecule has 0 fully saturated rings. The van der Waals surface area contributed by atoms with Crippen LogP contribution < -0.4 is 10.5 Å². The summed E-state index contributed by atoms with van der Waals surface area (Å²) in [6.07, 6.45) is 0. The van der Waals surface area contributed by atoms with Gasteiger partial charge in [-0.25, -0.2) is 4.39 Å². The Morgan fingerprint density at radius 3 is 2.58 bits per heavy atom. The Labute approximate surface area is 110 Å². The fourth-order valence-corrected chi connectivity index (χ4v) is 1.82. The number of hydrogen-bond acceptors (Lipinski definition) is 3. The number of nitrogen functional groups attached to an aromatic ring is 1. The Bertz CT molecular complexity index is 638. The second kappa shape index (κ2) is 5.10. The Morgan fingerprint density at radius 2 is 1.89 bits per heavy atom. The molecule has 0 aliphatic heterocycles. The number of halogens is 1. The van der Waals surface area contributed by atoms with E-state index in [0.29, 0.717) is 11.4 Å². The summed E-state index contributed by atoms with van der Waals surface area (Å²) in [5.74, 6) is -0.499. The van der Waals surface area contributed by atoms with E-state index in [-0.39, 0.29) is 11.1 Å². The average Bonchev–Trinajstić information content (AvgIpc) is 2.41. The van der Waals surface area contributed by atoms with E-state index in [4.69, 9.17) is 10.5 Å². The number of ether oxygens (including phenoxy) is 1. The molecule has 2 aromatic carbocycles. The molecule has 4 heteroatoms. The molecule has 0 saturated carbocycles. The summed E-state index contributed by atoms with van der Waals surface area (Å²) >= 11 is 0. The highest BCUT2D eigenvalue weighted by Gasteiger charge is 2.17. The molecule has 0 aliphatic carbocycles. The van der Waals surface area contributed by atoms with Gasteiger partial charge in [0.2, 0.25) is 0 Å². The zero-order valence-corrected chi connectivity index (χ0v) is 10.7. The van der Waals surface area contributed by atoms with Gasteiger partial charge in [0, 0.05) is 11.3 Å². The molecule has 0 amide bonds. The van der Waals surface area contributed by atoms with Crippen LogP contribution in [0.5, 0.6) is 5.75 Å². The summed E-state index contributed by atoms with van der Waals surface area (Å²) in [5, 5.41) is 0. The summed E-state index contributed by atoms with van der Waals surface area (Å²) in [7, 11) is 1.49. The lowest BCUT2D eigenvalue weighted by Gasteiger charge is -2.08. The highest BCUT2D eigenvalue weighted by atomic mass is 19.1. The van der Waals surface area contributed by atoms with Crippen LogP contribution in [-0.2, 0) is 0 Å². The minimum Gasteiger partial charge on any atom is -0.497 e. The molecule has 0 heterocycles. The van der Waals surface area contributed by atoms with Gasteiger partial charge in [-0.2, -0.15) is 0 Å². The third-order valence-corrected chi connectivity index (χ3v) is 2.87. The fourth-order valence-electron chi connectivity index (χ4n) is 1.82. The summed E-state index contributed by atoms with van der Waals surface area (Å²) in [6.45, 7) is 1.80. The molecule has 0 aliphatic rings. The maximum absolute atomic E-state index is 13.7. The first-order chi connectivity index (χ1) is 9.02. The van der Waals surface area contributed by atoms with Gasteiger partial charge < -0.3 is 10.5 Å². The maximum atomic E-state index is 13.7.